The number of rotatable bonds is 5. The van der Waals surface area contributed by atoms with Crippen LogP contribution in [0.1, 0.15) is 52.2 Å². The van der Waals surface area contributed by atoms with Crippen LogP contribution in [0.2, 0.25) is 0 Å². The zero-order chi connectivity index (χ0) is 14.4. The third kappa shape index (κ3) is 5.06. The van der Waals surface area contributed by atoms with Gasteiger partial charge >= 0.3 is 0 Å². The zero-order valence-corrected chi connectivity index (χ0v) is 13.3. The lowest BCUT2D eigenvalue weighted by Crippen LogP contribution is -1.96. The van der Waals surface area contributed by atoms with Gasteiger partial charge in [-0.15, -0.1) is 0 Å². The summed E-state index contributed by atoms with van der Waals surface area (Å²) in [7, 11) is 0. The van der Waals surface area contributed by atoms with Crippen LogP contribution < -0.4 is 0 Å². The molecule has 0 amide bonds. The van der Waals surface area contributed by atoms with Gasteiger partial charge in [-0.1, -0.05) is 69.7 Å². The third-order valence-corrected chi connectivity index (χ3v) is 3.36. The lowest BCUT2D eigenvalue weighted by molar-refractivity contribution is 0.642. The van der Waals surface area contributed by atoms with E-state index < -0.39 is 0 Å². The van der Waals surface area contributed by atoms with Gasteiger partial charge < -0.3 is 0 Å². The molecule has 0 radical (unpaired) electrons. The van der Waals surface area contributed by atoms with Gasteiger partial charge in [-0.3, -0.25) is 0 Å². The first-order valence-corrected chi connectivity index (χ1v) is 7.35. The van der Waals surface area contributed by atoms with Crippen molar-refractivity contribution in [3.8, 4) is 0 Å². The Labute approximate surface area is 119 Å². The van der Waals surface area contributed by atoms with Crippen molar-refractivity contribution in [2.24, 2.45) is 11.8 Å². The topological polar surface area (TPSA) is 0 Å². The molecule has 0 aliphatic carbocycles. The summed E-state index contributed by atoms with van der Waals surface area (Å²) in [5.74, 6) is 1.27. The summed E-state index contributed by atoms with van der Waals surface area (Å²) < 4.78 is 0. The van der Waals surface area contributed by atoms with Crippen molar-refractivity contribution in [2.45, 2.75) is 48.0 Å². The minimum Gasteiger partial charge on any atom is -0.0731 e. The summed E-state index contributed by atoms with van der Waals surface area (Å²) >= 11 is 0. The van der Waals surface area contributed by atoms with Gasteiger partial charge in [0.05, 0.1) is 0 Å². The van der Waals surface area contributed by atoms with E-state index in [4.69, 9.17) is 0 Å². The number of hydrogen-bond donors (Lipinski definition) is 0. The molecule has 1 rings (SSSR count). The largest absolute Gasteiger partial charge is 0.0731 e. The van der Waals surface area contributed by atoms with Crippen molar-refractivity contribution < 1.29 is 0 Å². The van der Waals surface area contributed by atoms with E-state index >= 15 is 0 Å². The maximum atomic E-state index is 2.31. The van der Waals surface area contributed by atoms with E-state index in [-0.39, 0.29) is 0 Å². The fraction of sp³-hybridized carbons (Fsp3) is 0.474. The second-order valence-corrected chi connectivity index (χ2v) is 6.20. The molecule has 1 aromatic carbocycles. The first-order chi connectivity index (χ1) is 8.91. The van der Waals surface area contributed by atoms with Crippen LogP contribution in [0.3, 0.4) is 0 Å². The van der Waals surface area contributed by atoms with Crippen LogP contribution in [-0.4, -0.2) is 0 Å². The second-order valence-electron chi connectivity index (χ2n) is 6.20. The summed E-state index contributed by atoms with van der Waals surface area (Å²) in [4.78, 5) is 0. The summed E-state index contributed by atoms with van der Waals surface area (Å²) in [5, 5.41) is 0. The SMILES string of the molecule is C/C(=C\C=C(c1ccccc1C)C(C)C)CC(C)C. The van der Waals surface area contributed by atoms with Gasteiger partial charge in [0.25, 0.3) is 0 Å². The maximum absolute atomic E-state index is 2.31. The van der Waals surface area contributed by atoms with Crippen molar-refractivity contribution in [1.82, 2.24) is 0 Å². The van der Waals surface area contributed by atoms with Crippen LogP contribution >= 0.6 is 0 Å². The van der Waals surface area contributed by atoms with Gasteiger partial charge in [0.1, 0.15) is 0 Å². The predicted molar refractivity (Wildman–Crippen MR) is 87.2 cm³/mol. The molecule has 104 valence electrons. The molecule has 0 saturated heterocycles. The van der Waals surface area contributed by atoms with E-state index in [2.05, 4.69) is 78.0 Å². The van der Waals surface area contributed by atoms with Gasteiger partial charge in [0.15, 0.2) is 0 Å². The number of benzene rings is 1. The average Bonchev–Trinajstić information content (AvgIpc) is 2.30. The number of aryl methyl sites for hydroxylation is 1. The highest BCUT2D eigenvalue weighted by Gasteiger charge is 2.07. The van der Waals surface area contributed by atoms with Crippen molar-refractivity contribution in [3.63, 3.8) is 0 Å². The van der Waals surface area contributed by atoms with Crippen LogP contribution in [0, 0.1) is 18.8 Å². The van der Waals surface area contributed by atoms with Crippen molar-refractivity contribution in [1.29, 1.82) is 0 Å². The monoisotopic (exact) mass is 256 g/mol. The van der Waals surface area contributed by atoms with Crippen LogP contribution in [0.25, 0.3) is 5.57 Å². The Bertz CT molecular complexity index is 459. The molecule has 0 nitrogen and oxygen atoms in total. The molecular weight excluding hydrogens is 228 g/mol. The van der Waals surface area contributed by atoms with Crippen molar-refractivity contribution >= 4 is 5.57 Å². The molecule has 1 aromatic rings. The normalized spacial score (nSPS) is 13.5. The van der Waals surface area contributed by atoms with Crippen molar-refractivity contribution in [2.75, 3.05) is 0 Å². The van der Waals surface area contributed by atoms with E-state index in [9.17, 15) is 0 Å². The van der Waals surface area contributed by atoms with E-state index in [0.717, 1.165) is 5.92 Å². The molecule has 0 atom stereocenters. The van der Waals surface area contributed by atoms with Crippen LogP contribution in [0.15, 0.2) is 42.0 Å². The molecule has 0 saturated carbocycles. The molecule has 19 heavy (non-hydrogen) atoms. The highest BCUT2D eigenvalue weighted by molar-refractivity contribution is 5.70. The Hall–Kier alpha value is -1.30. The molecule has 0 aliphatic rings. The van der Waals surface area contributed by atoms with E-state index in [0.29, 0.717) is 5.92 Å². The molecular formula is C19H28. The molecule has 0 bridgehead atoms. The minimum atomic E-state index is 0.546. The molecule has 0 aliphatic heterocycles. The lowest BCUT2D eigenvalue weighted by Gasteiger charge is -2.14. The van der Waals surface area contributed by atoms with Crippen LogP contribution in [0.4, 0.5) is 0 Å². The van der Waals surface area contributed by atoms with Gasteiger partial charge in [0, 0.05) is 0 Å². The molecule has 0 heteroatoms. The van der Waals surface area contributed by atoms with Crippen LogP contribution in [0.5, 0.6) is 0 Å². The van der Waals surface area contributed by atoms with E-state index in [1.165, 1.54) is 28.7 Å². The highest BCUT2D eigenvalue weighted by atomic mass is 14.1. The molecule has 0 aromatic heterocycles. The number of allylic oxidation sites excluding steroid dienone is 4. The predicted octanol–water partition coefficient (Wildman–Crippen LogP) is 6.03. The summed E-state index contributed by atoms with van der Waals surface area (Å²) in [5.41, 5.74) is 5.63. The molecule has 0 fully saturated rings. The Kier molecular flexibility index (Phi) is 6.08. The van der Waals surface area contributed by atoms with E-state index in [1.54, 1.807) is 0 Å². The van der Waals surface area contributed by atoms with E-state index in [1.807, 2.05) is 0 Å². The van der Waals surface area contributed by atoms with Gasteiger partial charge in [-0.05, 0) is 48.8 Å². The second kappa shape index (κ2) is 7.33. The Morgan fingerprint density at radius 3 is 2.21 bits per heavy atom. The molecule has 0 spiro atoms. The molecule has 0 unspecified atom stereocenters. The first kappa shape index (κ1) is 15.8. The third-order valence-electron chi connectivity index (χ3n) is 3.36. The highest BCUT2D eigenvalue weighted by Crippen LogP contribution is 2.26. The summed E-state index contributed by atoms with van der Waals surface area (Å²) in [6.45, 7) is 13.5. The van der Waals surface area contributed by atoms with Gasteiger partial charge in [-0.25, -0.2) is 0 Å². The van der Waals surface area contributed by atoms with Gasteiger partial charge in [-0.2, -0.15) is 0 Å². The summed E-state index contributed by atoms with van der Waals surface area (Å²) in [6, 6.07) is 8.66. The van der Waals surface area contributed by atoms with Crippen LogP contribution in [-0.2, 0) is 0 Å². The first-order valence-electron chi connectivity index (χ1n) is 7.35. The molecule has 0 N–H and O–H groups in total. The van der Waals surface area contributed by atoms with Crippen molar-refractivity contribution in [3.05, 3.63) is 53.1 Å². The van der Waals surface area contributed by atoms with Gasteiger partial charge in [0.2, 0.25) is 0 Å². The fourth-order valence-electron chi connectivity index (χ4n) is 2.43. The summed E-state index contributed by atoms with van der Waals surface area (Å²) in [6.07, 6.45) is 5.78. The zero-order valence-electron chi connectivity index (χ0n) is 13.3. The minimum absolute atomic E-state index is 0.546. The fourth-order valence-corrected chi connectivity index (χ4v) is 2.43. The molecule has 0 heterocycles. The average molecular weight is 256 g/mol. The smallest absolute Gasteiger partial charge is 0.0193 e. The standard InChI is InChI=1S/C19H28/c1-14(2)13-16(5)11-12-18(15(3)4)19-10-8-7-9-17(19)6/h7-12,14-15H,13H2,1-6H3/b16-11+,18-12?. The lowest BCUT2D eigenvalue weighted by atomic mass is 9.91. The quantitative estimate of drug-likeness (QED) is 0.564. The number of hydrogen-bond acceptors (Lipinski definition) is 0. The maximum Gasteiger partial charge on any atom is -0.0193 e. The Morgan fingerprint density at radius 1 is 1.05 bits per heavy atom. The Morgan fingerprint density at radius 2 is 1.68 bits per heavy atom. The Balaban J connectivity index is 3.06.